The Bertz CT molecular complexity index is 189. The third-order valence-corrected chi connectivity index (χ3v) is 0.956. The molecule has 70 valence electrons. The van der Waals surface area contributed by atoms with E-state index in [2.05, 4.69) is 4.74 Å². The van der Waals surface area contributed by atoms with Crippen LogP contribution in [0.5, 0.6) is 0 Å². The molecule has 0 fully saturated rings. The lowest BCUT2D eigenvalue weighted by Gasteiger charge is -2.00. The van der Waals surface area contributed by atoms with Crippen molar-refractivity contribution in [3.05, 3.63) is 11.9 Å². The Labute approximate surface area is 67.0 Å². The van der Waals surface area contributed by atoms with E-state index in [0.29, 0.717) is 0 Å². The van der Waals surface area contributed by atoms with Gasteiger partial charge in [0.1, 0.15) is 0 Å². The van der Waals surface area contributed by atoms with Crippen molar-refractivity contribution in [2.45, 2.75) is 6.42 Å². The molecule has 0 aliphatic carbocycles. The standard InChI is InChI=1S/C6H8F3NO2/c7-4(6(8)9)1-2-12-5(11)3-10/h1-3,10H2. The fourth-order valence-electron chi connectivity index (χ4n) is 0.408. The molecule has 2 N–H and O–H groups in total. The van der Waals surface area contributed by atoms with Crippen LogP contribution in [0.1, 0.15) is 6.42 Å². The summed E-state index contributed by atoms with van der Waals surface area (Å²) in [7, 11) is 0. The Morgan fingerprint density at radius 3 is 2.33 bits per heavy atom. The van der Waals surface area contributed by atoms with Crippen LogP contribution in [0.25, 0.3) is 0 Å². The summed E-state index contributed by atoms with van der Waals surface area (Å²) in [4.78, 5) is 10.3. The van der Waals surface area contributed by atoms with E-state index >= 15 is 0 Å². The number of rotatable bonds is 4. The molecule has 6 heteroatoms. The summed E-state index contributed by atoms with van der Waals surface area (Å²) in [5, 5.41) is 0. The van der Waals surface area contributed by atoms with Gasteiger partial charge in [0.05, 0.1) is 13.2 Å². The third-order valence-electron chi connectivity index (χ3n) is 0.956. The Hall–Kier alpha value is -1.04. The van der Waals surface area contributed by atoms with E-state index in [4.69, 9.17) is 5.73 Å². The van der Waals surface area contributed by atoms with Gasteiger partial charge in [0.15, 0.2) is 5.83 Å². The van der Waals surface area contributed by atoms with Gasteiger partial charge in [0.2, 0.25) is 0 Å². The quantitative estimate of drug-likeness (QED) is 0.660. The second kappa shape index (κ2) is 5.59. The minimum atomic E-state index is -2.39. The molecule has 0 amide bonds. The van der Waals surface area contributed by atoms with E-state index < -0.39 is 30.9 Å². The van der Waals surface area contributed by atoms with Crippen LogP contribution in [0, 0.1) is 0 Å². The topological polar surface area (TPSA) is 52.3 Å². The van der Waals surface area contributed by atoms with E-state index in [1.54, 1.807) is 0 Å². The predicted octanol–water partition coefficient (Wildman–Crippen LogP) is 0.956. The molecule has 0 aliphatic heterocycles. The highest BCUT2D eigenvalue weighted by Crippen LogP contribution is 2.12. The lowest BCUT2D eigenvalue weighted by atomic mass is 10.4. The number of hydrogen-bond donors (Lipinski definition) is 1. The van der Waals surface area contributed by atoms with Crippen LogP contribution in [0.2, 0.25) is 0 Å². The number of hydrogen-bond acceptors (Lipinski definition) is 3. The van der Waals surface area contributed by atoms with Gasteiger partial charge in [0.25, 0.3) is 0 Å². The number of esters is 1. The number of halogens is 3. The average molecular weight is 183 g/mol. The highest BCUT2D eigenvalue weighted by atomic mass is 19.3. The van der Waals surface area contributed by atoms with Crippen molar-refractivity contribution in [3.63, 3.8) is 0 Å². The minimum absolute atomic E-state index is 0.344. The zero-order valence-electron chi connectivity index (χ0n) is 6.15. The van der Waals surface area contributed by atoms with E-state index in [-0.39, 0.29) is 6.54 Å². The first-order valence-corrected chi connectivity index (χ1v) is 3.13. The van der Waals surface area contributed by atoms with Gasteiger partial charge >= 0.3 is 12.0 Å². The predicted molar refractivity (Wildman–Crippen MR) is 35.0 cm³/mol. The Morgan fingerprint density at radius 2 is 1.92 bits per heavy atom. The van der Waals surface area contributed by atoms with Crippen molar-refractivity contribution in [2.75, 3.05) is 13.2 Å². The third kappa shape index (κ3) is 4.73. The molecule has 0 radical (unpaired) electrons. The fraction of sp³-hybridized carbons (Fsp3) is 0.500. The van der Waals surface area contributed by atoms with Crippen molar-refractivity contribution in [2.24, 2.45) is 5.73 Å². The van der Waals surface area contributed by atoms with E-state index in [1.807, 2.05) is 0 Å². The first kappa shape index (κ1) is 11.0. The molecule has 0 bridgehead atoms. The molecule has 12 heavy (non-hydrogen) atoms. The number of carbonyl (C=O) groups is 1. The maximum absolute atomic E-state index is 12.0. The molecule has 0 saturated heterocycles. The second-order valence-electron chi connectivity index (χ2n) is 1.84. The van der Waals surface area contributed by atoms with Gasteiger partial charge in [-0.2, -0.15) is 8.78 Å². The van der Waals surface area contributed by atoms with Crippen LogP contribution in [-0.2, 0) is 9.53 Å². The van der Waals surface area contributed by atoms with E-state index in [9.17, 15) is 18.0 Å². The Balaban J connectivity index is 3.58. The summed E-state index contributed by atoms with van der Waals surface area (Å²) < 4.78 is 39.0. The van der Waals surface area contributed by atoms with Crippen LogP contribution in [0.3, 0.4) is 0 Å². The lowest BCUT2D eigenvalue weighted by molar-refractivity contribution is -0.141. The molecule has 0 unspecified atom stereocenters. The van der Waals surface area contributed by atoms with Crippen LogP contribution in [0.15, 0.2) is 11.9 Å². The van der Waals surface area contributed by atoms with Crippen LogP contribution in [0.4, 0.5) is 13.2 Å². The van der Waals surface area contributed by atoms with Gasteiger partial charge in [-0.05, 0) is 0 Å². The summed E-state index contributed by atoms with van der Waals surface area (Å²) in [5.74, 6) is -2.32. The SMILES string of the molecule is NCC(=O)OCCC(F)=C(F)F. The molecule has 0 rings (SSSR count). The Kier molecular flexibility index (Phi) is 5.11. The Morgan fingerprint density at radius 1 is 1.33 bits per heavy atom. The van der Waals surface area contributed by atoms with Crippen molar-refractivity contribution in [1.82, 2.24) is 0 Å². The highest BCUT2D eigenvalue weighted by Gasteiger charge is 2.06. The zero-order chi connectivity index (χ0) is 9.56. The summed E-state index contributed by atoms with van der Waals surface area (Å²) in [6, 6.07) is 0. The smallest absolute Gasteiger partial charge is 0.319 e. The second-order valence-corrected chi connectivity index (χ2v) is 1.84. The maximum Gasteiger partial charge on any atom is 0.319 e. The molecule has 3 nitrogen and oxygen atoms in total. The van der Waals surface area contributed by atoms with Crippen LogP contribution >= 0.6 is 0 Å². The molecule has 0 aliphatic rings. The van der Waals surface area contributed by atoms with Crippen molar-refractivity contribution in [3.8, 4) is 0 Å². The first-order chi connectivity index (χ1) is 5.57. The average Bonchev–Trinajstić information content (AvgIpc) is 2.03. The van der Waals surface area contributed by atoms with Crippen molar-refractivity contribution in [1.29, 1.82) is 0 Å². The molecule has 0 aromatic heterocycles. The van der Waals surface area contributed by atoms with E-state index in [0.717, 1.165) is 0 Å². The van der Waals surface area contributed by atoms with Gasteiger partial charge in [-0.25, -0.2) is 4.39 Å². The molecule has 0 atom stereocenters. The molecular formula is C6H8F3NO2. The molecule has 0 spiro atoms. The molecule has 0 heterocycles. The zero-order valence-corrected chi connectivity index (χ0v) is 6.15. The largest absolute Gasteiger partial charge is 0.464 e. The summed E-state index contributed by atoms with van der Waals surface area (Å²) in [6.45, 7) is -0.761. The molecule has 0 aromatic carbocycles. The van der Waals surface area contributed by atoms with E-state index in [1.165, 1.54) is 0 Å². The van der Waals surface area contributed by atoms with Gasteiger partial charge < -0.3 is 10.5 Å². The van der Waals surface area contributed by atoms with Gasteiger partial charge in [0, 0.05) is 6.42 Å². The van der Waals surface area contributed by atoms with Gasteiger partial charge in [-0.15, -0.1) is 0 Å². The van der Waals surface area contributed by atoms with Crippen molar-refractivity contribution < 1.29 is 22.7 Å². The summed E-state index contributed by atoms with van der Waals surface area (Å²) >= 11 is 0. The van der Waals surface area contributed by atoms with Gasteiger partial charge in [-0.3, -0.25) is 4.79 Å². The summed E-state index contributed by atoms with van der Waals surface area (Å²) in [5.41, 5.74) is 4.82. The number of carbonyl (C=O) groups excluding carboxylic acids is 1. The van der Waals surface area contributed by atoms with Crippen LogP contribution < -0.4 is 5.73 Å². The first-order valence-electron chi connectivity index (χ1n) is 3.13. The van der Waals surface area contributed by atoms with Crippen LogP contribution in [-0.4, -0.2) is 19.1 Å². The van der Waals surface area contributed by atoms with Crippen molar-refractivity contribution >= 4 is 5.97 Å². The maximum atomic E-state index is 12.0. The molecular weight excluding hydrogens is 175 g/mol. The minimum Gasteiger partial charge on any atom is -0.464 e. The normalized spacial score (nSPS) is 9.33. The van der Waals surface area contributed by atoms with Gasteiger partial charge in [-0.1, -0.05) is 0 Å². The number of nitrogens with two attached hydrogens (primary N) is 1. The summed E-state index contributed by atoms with van der Waals surface area (Å²) in [6.07, 6.45) is -3.01. The molecule has 0 aromatic rings. The molecule has 0 saturated carbocycles. The number of ether oxygens (including phenoxy) is 1. The fourth-order valence-corrected chi connectivity index (χ4v) is 0.408. The highest BCUT2D eigenvalue weighted by molar-refractivity contribution is 5.71. The monoisotopic (exact) mass is 183 g/mol. The lowest BCUT2D eigenvalue weighted by Crippen LogP contribution is -2.17.